The Balaban J connectivity index is 1.92. The van der Waals surface area contributed by atoms with Crippen LogP contribution in [-0.4, -0.2) is 22.9 Å². The molecule has 0 atom stereocenters. The molecule has 9 heteroatoms. The van der Waals surface area contributed by atoms with E-state index in [1.54, 1.807) is 12.1 Å². The molecule has 2 aromatic carbocycles. The smallest absolute Gasteiger partial charge is 0.273 e. The standard InChI is InChI=1S/C16H12ClN3O4S/c1-8-9(4-3-5-12(8)20(22)23)15(21)19-16-18-11-6-10(17)13(24-2)7-14(11)25-16/h3-7H,1-2H3,(H,18,19,21). The number of carbonyl (C=O) groups excluding carboxylic acids is 1. The number of nitro groups is 1. The van der Waals surface area contributed by atoms with Gasteiger partial charge >= 0.3 is 0 Å². The van der Waals surface area contributed by atoms with Gasteiger partial charge in [0.15, 0.2) is 5.13 Å². The molecule has 0 saturated carbocycles. The number of anilines is 1. The molecular formula is C16H12ClN3O4S. The number of rotatable bonds is 4. The van der Waals surface area contributed by atoms with E-state index in [0.717, 1.165) is 4.70 Å². The third-order valence-corrected chi connectivity index (χ3v) is 4.86. The summed E-state index contributed by atoms with van der Waals surface area (Å²) in [6.07, 6.45) is 0. The number of thiazole rings is 1. The molecule has 1 heterocycles. The van der Waals surface area contributed by atoms with Crippen LogP contribution >= 0.6 is 22.9 Å². The molecule has 25 heavy (non-hydrogen) atoms. The van der Waals surface area contributed by atoms with Crippen LogP contribution in [0.3, 0.4) is 0 Å². The van der Waals surface area contributed by atoms with Crippen LogP contribution < -0.4 is 10.1 Å². The largest absolute Gasteiger partial charge is 0.495 e. The summed E-state index contributed by atoms with van der Waals surface area (Å²) in [4.78, 5) is 27.3. The van der Waals surface area contributed by atoms with Crippen molar-refractivity contribution < 1.29 is 14.5 Å². The summed E-state index contributed by atoms with van der Waals surface area (Å²) < 4.78 is 5.96. The second-order valence-electron chi connectivity index (χ2n) is 5.13. The van der Waals surface area contributed by atoms with E-state index in [9.17, 15) is 14.9 Å². The van der Waals surface area contributed by atoms with E-state index in [4.69, 9.17) is 16.3 Å². The van der Waals surface area contributed by atoms with Crippen LogP contribution in [0.4, 0.5) is 10.8 Å². The lowest BCUT2D eigenvalue weighted by Crippen LogP contribution is -2.13. The number of nitrogens with zero attached hydrogens (tertiary/aromatic N) is 2. The van der Waals surface area contributed by atoms with Gasteiger partial charge in [-0.15, -0.1) is 0 Å². The summed E-state index contributed by atoms with van der Waals surface area (Å²) in [6.45, 7) is 1.54. The second kappa shape index (κ2) is 6.66. The highest BCUT2D eigenvalue weighted by atomic mass is 35.5. The van der Waals surface area contributed by atoms with Gasteiger partial charge in [-0.05, 0) is 19.1 Å². The van der Waals surface area contributed by atoms with Crippen LogP contribution in [0.1, 0.15) is 15.9 Å². The Labute approximate surface area is 151 Å². The Morgan fingerprint density at radius 2 is 2.16 bits per heavy atom. The molecule has 1 amide bonds. The number of hydrogen-bond donors (Lipinski definition) is 1. The van der Waals surface area contributed by atoms with Crippen LogP contribution in [0.25, 0.3) is 10.2 Å². The Kier molecular flexibility index (Phi) is 4.56. The lowest BCUT2D eigenvalue weighted by atomic mass is 10.1. The van der Waals surface area contributed by atoms with Gasteiger partial charge in [0.25, 0.3) is 11.6 Å². The molecule has 0 saturated heterocycles. The Morgan fingerprint density at radius 3 is 2.84 bits per heavy atom. The molecule has 1 N–H and O–H groups in total. The number of amides is 1. The minimum absolute atomic E-state index is 0.103. The van der Waals surface area contributed by atoms with Gasteiger partial charge in [-0.2, -0.15) is 0 Å². The van der Waals surface area contributed by atoms with Gasteiger partial charge in [-0.1, -0.05) is 29.0 Å². The molecule has 1 aromatic heterocycles. The number of benzene rings is 2. The quantitative estimate of drug-likeness (QED) is 0.536. The predicted molar refractivity (Wildman–Crippen MR) is 97.0 cm³/mol. The van der Waals surface area contributed by atoms with Crippen molar-refractivity contribution in [2.45, 2.75) is 6.92 Å². The molecule has 0 aliphatic carbocycles. The average molecular weight is 378 g/mol. The van der Waals surface area contributed by atoms with E-state index in [2.05, 4.69) is 10.3 Å². The zero-order chi connectivity index (χ0) is 18.1. The highest BCUT2D eigenvalue weighted by molar-refractivity contribution is 7.22. The number of nitrogens with one attached hydrogen (secondary N) is 1. The maximum Gasteiger partial charge on any atom is 0.273 e. The number of methoxy groups -OCH3 is 1. The zero-order valence-electron chi connectivity index (χ0n) is 13.2. The summed E-state index contributed by atoms with van der Waals surface area (Å²) >= 11 is 7.33. The fraction of sp³-hybridized carbons (Fsp3) is 0.125. The SMILES string of the molecule is COc1cc2sc(NC(=O)c3cccc([N+](=O)[O-])c3C)nc2cc1Cl. The Morgan fingerprint density at radius 1 is 1.40 bits per heavy atom. The first kappa shape index (κ1) is 17.1. The molecule has 128 valence electrons. The van der Waals surface area contributed by atoms with Crippen molar-refractivity contribution in [3.8, 4) is 5.75 Å². The number of ether oxygens (including phenoxy) is 1. The number of nitro benzene ring substituents is 1. The number of halogens is 1. The van der Waals surface area contributed by atoms with Gasteiger partial charge in [-0.25, -0.2) is 4.98 Å². The summed E-state index contributed by atoms with van der Waals surface area (Å²) in [5.41, 5.74) is 1.05. The van der Waals surface area contributed by atoms with E-state index in [-0.39, 0.29) is 11.3 Å². The summed E-state index contributed by atoms with van der Waals surface area (Å²) in [7, 11) is 1.52. The molecule has 0 spiro atoms. The molecule has 7 nitrogen and oxygen atoms in total. The molecule has 0 bridgehead atoms. The van der Waals surface area contributed by atoms with Crippen molar-refractivity contribution in [1.82, 2.24) is 4.98 Å². The molecule has 0 radical (unpaired) electrons. The second-order valence-corrected chi connectivity index (χ2v) is 6.57. The third kappa shape index (κ3) is 3.26. The average Bonchev–Trinajstić information content (AvgIpc) is 2.94. The molecule has 3 aromatic rings. The van der Waals surface area contributed by atoms with Crippen molar-refractivity contribution in [3.05, 3.63) is 56.6 Å². The van der Waals surface area contributed by atoms with Crippen molar-refractivity contribution in [1.29, 1.82) is 0 Å². The van der Waals surface area contributed by atoms with E-state index in [1.807, 2.05) is 0 Å². The Bertz CT molecular complexity index is 1000. The topological polar surface area (TPSA) is 94.4 Å². The van der Waals surface area contributed by atoms with Crippen LogP contribution in [0.2, 0.25) is 5.02 Å². The molecular weight excluding hydrogens is 366 g/mol. The minimum atomic E-state index is -0.516. The normalized spacial score (nSPS) is 10.7. The van der Waals surface area contributed by atoms with E-state index in [1.165, 1.54) is 43.6 Å². The molecule has 0 aliphatic rings. The fourth-order valence-electron chi connectivity index (χ4n) is 2.37. The van der Waals surface area contributed by atoms with Crippen LogP contribution in [0, 0.1) is 17.0 Å². The highest BCUT2D eigenvalue weighted by Crippen LogP contribution is 2.34. The van der Waals surface area contributed by atoms with E-state index >= 15 is 0 Å². The van der Waals surface area contributed by atoms with Crippen molar-refractivity contribution in [2.24, 2.45) is 0 Å². The third-order valence-electron chi connectivity index (χ3n) is 3.63. The Hall–Kier alpha value is -2.71. The fourth-order valence-corrected chi connectivity index (χ4v) is 3.48. The van der Waals surface area contributed by atoms with Crippen LogP contribution in [-0.2, 0) is 0 Å². The van der Waals surface area contributed by atoms with Gasteiger partial charge in [0.2, 0.25) is 0 Å². The number of aromatic nitrogens is 1. The van der Waals surface area contributed by atoms with Crippen molar-refractivity contribution >= 4 is 49.9 Å². The van der Waals surface area contributed by atoms with Crippen LogP contribution in [0.5, 0.6) is 5.75 Å². The van der Waals surface area contributed by atoms with Crippen molar-refractivity contribution in [2.75, 3.05) is 12.4 Å². The van der Waals surface area contributed by atoms with Gasteiger partial charge in [0.1, 0.15) is 5.75 Å². The lowest BCUT2D eigenvalue weighted by Gasteiger charge is -2.05. The summed E-state index contributed by atoms with van der Waals surface area (Å²) in [5.74, 6) is 0.0588. The van der Waals surface area contributed by atoms with Crippen LogP contribution in [0.15, 0.2) is 30.3 Å². The number of fused-ring (bicyclic) bond motifs is 1. The van der Waals surface area contributed by atoms with Gasteiger partial charge < -0.3 is 4.74 Å². The van der Waals surface area contributed by atoms with E-state index < -0.39 is 10.8 Å². The number of hydrogen-bond acceptors (Lipinski definition) is 6. The maximum atomic E-state index is 12.5. The lowest BCUT2D eigenvalue weighted by molar-refractivity contribution is -0.385. The number of carbonyl (C=O) groups is 1. The van der Waals surface area contributed by atoms with Gasteiger partial charge in [-0.3, -0.25) is 20.2 Å². The molecule has 0 unspecified atom stereocenters. The van der Waals surface area contributed by atoms with Gasteiger partial charge in [0.05, 0.1) is 27.3 Å². The molecule has 3 rings (SSSR count). The molecule has 0 aliphatic heterocycles. The zero-order valence-corrected chi connectivity index (χ0v) is 14.8. The minimum Gasteiger partial charge on any atom is -0.495 e. The van der Waals surface area contributed by atoms with Crippen molar-refractivity contribution in [3.63, 3.8) is 0 Å². The first-order chi connectivity index (χ1) is 11.9. The summed E-state index contributed by atoms with van der Waals surface area (Å²) in [6, 6.07) is 7.76. The first-order valence-corrected chi connectivity index (χ1v) is 8.29. The first-order valence-electron chi connectivity index (χ1n) is 7.10. The highest BCUT2D eigenvalue weighted by Gasteiger charge is 2.19. The molecule has 0 fully saturated rings. The monoisotopic (exact) mass is 377 g/mol. The van der Waals surface area contributed by atoms with Gasteiger partial charge in [0, 0.05) is 23.3 Å². The predicted octanol–water partition coefficient (Wildman–Crippen LogP) is 4.43. The summed E-state index contributed by atoms with van der Waals surface area (Å²) in [5, 5.41) is 14.5. The maximum absolute atomic E-state index is 12.5. The van der Waals surface area contributed by atoms with E-state index in [0.29, 0.717) is 27.0 Å².